The van der Waals surface area contributed by atoms with Crippen molar-refractivity contribution in [2.24, 2.45) is 5.92 Å². The molecule has 0 radical (unpaired) electrons. The molecule has 0 aromatic carbocycles. The van der Waals surface area contributed by atoms with Crippen molar-refractivity contribution in [3.05, 3.63) is 30.1 Å². The molecule has 36 heavy (non-hydrogen) atoms. The second-order valence-electron chi connectivity index (χ2n) is 8.44. The lowest BCUT2D eigenvalue weighted by Crippen LogP contribution is -2.47. The number of fused-ring (bicyclic) bond motifs is 2. The Bertz CT molecular complexity index is 870. The first kappa shape index (κ1) is 29.3. The summed E-state index contributed by atoms with van der Waals surface area (Å²) < 4.78 is 69.5. The lowest BCUT2D eigenvalue weighted by molar-refractivity contribution is -0.193. The standard InChI is InChI=1S/C17H23N3O2.2C2HF3O2/c21-17(19-13-4-1-5-13)15-7-14-10-20(11-16(15)22-14)9-12-3-2-6-18-8-12;2*3-2(4,5)1(6)7/h2-3,6,8,13-16H,1,4-5,7,9-11H2,(H,19,21);2*(H,6,7). The van der Waals surface area contributed by atoms with E-state index in [1.807, 2.05) is 12.3 Å². The molecule has 2 aliphatic heterocycles. The van der Waals surface area contributed by atoms with Crippen molar-refractivity contribution in [2.75, 3.05) is 13.1 Å². The monoisotopic (exact) mass is 529 g/mol. The molecule has 3 fully saturated rings. The number of pyridine rings is 1. The minimum Gasteiger partial charge on any atom is -0.475 e. The molecule has 2 bridgehead atoms. The van der Waals surface area contributed by atoms with Crippen LogP contribution >= 0.6 is 0 Å². The largest absolute Gasteiger partial charge is 0.490 e. The highest BCUT2D eigenvalue weighted by atomic mass is 19.4. The van der Waals surface area contributed by atoms with Gasteiger partial charge in [0.05, 0.1) is 18.1 Å². The smallest absolute Gasteiger partial charge is 0.475 e. The van der Waals surface area contributed by atoms with Gasteiger partial charge in [-0.25, -0.2) is 9.59 Å². The van der Waals surface area contributed by atoms with Crippen LogP contribution in [0.5, 0.6) is 0 Å². The van der Waals surface area contributed by atoms with Crippen LogP contribution in [0, 0.1) is 5.92 Å². The Morgan fingerprint density at radius 1 is 1.06 bits per heavy atom. The summed E-state index contributed by atoms with van der Waals surface area (Å²) in [6.45, 7) is 2.65. The van der Waals surface area contributed by atoms with Crippen molar-refractivity contribution in [3.63, 3.8) is 0 Å². The van der Waals surface area contributed by atoms with Crippen molar-refractivity contribution in [1.29, 1.82) is 0 Å². The molecule has 3 unspecified atom stereocenters. The number of alkyl halides is 6. The number of carbonyl (C=O) groups excluding carboxylic acids is 1. The predicted octanol–water partition coefficient (Wildman–Crippen LogP) is 2.61. The molecular weight excluding hydrogens is 504 g/mol. The SMILES string of the molecule is O=C(NC1CCC1)C1CC2CN(Cc3cccnc3)CC1O2.O=C(O)C(F)(F)F.O=C(O)C(F)(F)F. The van der Waals surface area contributed by atoms with Gasteiger partial charge in [-0.05, 0) is 37.3 Å². The van der Waals surface area contributed by atoms with E-state index in [1.54, 1.807) is 6.20 Å². The van der Waals surface area contributed by atoms with E-state index >= 15 is 0 Å². The summed E-state index contributed by atoms with van der Waals surface area (Å²) in [7, 11) is 0. The van der Waals surface area contributed by atoms with Crippen molar-refractivity contribution >= 4 is 17.8 Å². The predicted molar refractivity (Wildman–Crippen MR) is 109 cm³/mol. The summed E-state index contributed by atoms with van der Waals surface area (Å²) in [5.41, 5.74) is 1.22. The van der Waals surface area contributed by atoms with Gasteiger partial charge in [-0.2, -0.15) is 26.3 Å². The number of carboxylic acid groups (broad SMARTS) is 2. The molecular formula is C21H25F6N3O6. The van der Waals surface area contributed by atoms with Crippen molar-refractivity contribution in [3.8, 4) is 0 Å². The number of morpholine rings is 1. The average molecular weight is 529 g/mol. The van der Waals surface area contributed by atoms with Crippen LogP contribution in [0.15, 0.2) is 24.5 Å². The van der Waals surface area contributed by atoms with E-state index < -0.39 is 24.3 Å². The van der Waals surface area contributed by atoms with Crippen LogP contribution in [0.2, 0.25) is 0 Å². The molecule has 2 saturated heterocycles. The Morgan fingerprint density at radius 2 is 1.64 bits per heavy atom. The highest BCUT2D eigenvalue weighted by Crippen LogP contribution is 2.33. The molecule has 15 heteroatoms. The highest BCUT2D eigenvalue weighted by Gasteiger charge is 2.45. The van der Waals surface area contributed by atoms with Crippen molar-refractivity contribution < 1.29 is 55.7 Å². The number of hydrogen-bond donors (Lipinski definition) is 3. The quantitative estimate of drug-likeness (QED) is 0.508. The second kappa shape index (κ2) is 12.3. The Morgan fingerprint density at radius 3 is 2.08 bits per heavy atom. The number of nitrogens with one attached hydrogen (secondary N) is 1. The van der Waals surface area contributed by atoms with Gasteiger partial charge >= 0.3 is 24.3 Å². The van der Waals surface area contributed by atoms with Gasteiger partial charge in [0.15, 0.2) is 0 Å². The van der Waals surface area contributed by atoms with Gasteiger partial charge in [0, 0.05) is 38.1 Å². The zero-order valence-corrected chi connectivity index (χ0v) is 18.8. The lowest BCUT2D eigenvalue weighted by Gasteiger charge is -2.33. The fraction of sp³-hybridized carbons (Fsp3) is 0.619. The maximum atomic E-state index is 12.4. The van der Waals surface area contributed by atoms with Gasteiger partial charge in [-0.1, -0.05) is 6.07 Å². The van der Waals surface area contributed by atoms with Gasteiger partial charge in [-0.3, -0.25) is 14.7 Å². The number of likely N-dealkylation sites (tertiary alicyclic amines) is 1. The first-order valence-electron chi connectivity index (χ1n) is 10.8. The third kappa shape index (κ3) is 9.26. The van der Waals surface area contributed by atoms with Gasteiger partial charge in [0.25, 0.3) is 0 Å². The molecule has 1 aromatic heterocycles. The first-order chi connectivity index (χ1) is 16.7. The number of carboxylic acids is 2. The third-order valence-electron chi connectivity index (χ3n) is 5.64. The Labute approximate surface area is 201 Å². The van der Waals surface area contributed by atoms with Crippen molar-refractivity contribution in [2.45, 2.75) is 62.8 Å². The second-order valence-corrected chi connectivity index (χ2v) is 8.44. The van der Waals surface area contributed by atoms with Crippen molar-refractivity contribution in [1.82, 2.24) is 15.2 Å². The molecule has 9 nitrogen and oxygen atoms in total. The fourth-order valence-corrected chi connectivity index (χ4v) is 3.75. The van der Waals surface area contributed by atoms with E-state index in [1.165, 1.54) is 12.0 Å². The zero-order valence-electron chi connectivity index (χ0n) is 18.8. The van der Waals surface area contributed by atoms with E-state index in [2.05, 4.69) is 21.3 Å². The van der Waals surface area contributed by atoms with Gasteiger partial charge in [-0.15, -0.1) is 0 Å². The maximum absolute atomic E-state index is 12.4. The third-order valence-corrected chi connectivity index (χ3v) is 5.64. The Kier molecular flexibility index (Phi) is 10.0. The highest BCUT2D eigenvalue weighted by molar-refractivity contribution is 5.80. The molecule has 1 amide bonds. The summed E-state index contributed by atoms with van der Waals surface area (Å²) in [5, 5.41) is 17.4. The number of carbonyl (C=O) groups is 3. The zero-order chi connectivity index (χ0) is 27.1. The lowest BCUT2D eigenvalue weighted by atomic mass is 9.91. The molecule has 4 rings (SSSR count). The summed E-state index contributed by atoms with van der Waals surface area (Å²) in [4.78, 5) is 36.8. The van der Waals surface area contributed by atoms with Gasteiger partial charge in [0.2, 0.25) is 5.91 Å². The molecule has 1 aliphatic carbocycles. The Hall–Kier alpha value is -2.94. The molecule has 1 saturated carbocycles. The maximum Gasteiger partial charge on any atom is 0.490 e. The van der Waals surface area contributed by atoms with Gasteiger partial charge in [0.1, 0.15) is 0 Å². The van der Waals surface area contributed by atoms with E-state index in [-0.39, 0.29) is 24.0 Å². The molecule has 3 atom stereocenters. The van der Waals surface area contributed by atoms with Crippen LogP contribution in [-0.2, 0) is 25.7 Å². The Balaban J connectivity index is 0.000000271. The summed E-state index contributed by atoms with van der Waals surface area (Å²) >= 11 is 0. The molecule has 3 aliphatic rings. The first-order valence-corrected chi connectivity index (χ1v) is 10.8. The van der Waals surface area contributed by atoms with Crippen LogP contribution in [0.25, 0.3) is 0 Å². The normalized spacial score (nSPS) is 23.8. The van der Waals surface area contributed by atoms with Crippen LogP contribution < -0.4 is 5.32 Å². The average Bonchev–Trinajstić information content (AvgIpc) is 3.05. The molecule has 1 aromatic rings. The molecule has 3 N–H and O–H groups in total. The number of halogens is 6. The molecule has 0 spiro atoms. The van der Waals surface area contributed by atoms with E-state index in [4.69, 9.17) is 24.5 Å². The number of aliphatic carboxylic acids is 2. The topological polar surface area (TPSA) is 129 Å². The van der Waals surface area contributed by atoms with Gasteiger partial charge < -0.3 is 20.3 Å². The minimum atomic E-state index is -5.08. The van der Waals surface area contributed by atoms with E-state index in [0.717, 1.165) is 38.9 Å². The number of rotatable bonds is 4. The summed E-state index contributed by atoms with van der Waals surface area (Å²) in [6.07, 6.45) is -1.81. The van der Waals surface area contributed by atoms with E-state index in [0.29, 0.717) is 6.04 Å². The number of nitrogens with zero attached hydrogens (tertiary/aromatic N) is 2. The summed E-state index contributed by atoms with van der Waals surface area (Å²) in [6, 6.07) is 4.49. The van der Waals surface area contributed by atoms with Crippen LogP contribution in [0.1, 0.15) is 31.2 Å². The number of amides is 1. The number of hydrogen-bond acceptors (Lipinski definition) is 6. The van der Waals surface area contributed by atoms with E-state index in [9.17, 15) is 31.1 Å². The molecule has 202 valence electrons. The number of ether oxygens (including phenoxy) is 1. The van der Waals surface area contributed by atoms with Crippen LogP contribution in [-0.4, -0.2) is 81.6 Å². The molecule has 3 heterocycles. The van der Waals surface area contributed by atoms with Crippen LogP contribution in [0.4, 0.5) is 26.3 Å². The summed E-state index contributed by atoms with van der Waals surface area (Å²) in [5.74, 6) is -5.27. The number of aromatic nitrogens is 1. The fourth-order valence-electron chi connectivity index (χ4n) is 3.75. The van der Waals surface area contributed by atoms with Crippen LogP contribution in [0.3, 0.4) is 0 Å². The minimum absolute atomic E-state index is 0.0319.